The maximum absolute atomic E-state index is 14.0. The molecule has 1 fully saturated rings. The monoisotopic (exact) mass is 331 g/mol. The van der Waals surface area contributed by atoms with Crippen molar-refractivity contribution in [2.75, 3.05) is 4.90 Å². The van der Waals surface area contributed by atoms with Crippen molar-refractivity contribution in [2.24, 2.45) is 5.92 Å². The first kappa shape index (κ1) is 15.3. The maximum atomic E-state index is 14.0. The number of halogens is 2. The van der Waals surface area contributed by atoms with Crippen LogP contribution in [0, 0.1) is 17.6 Å². The Labute approximate surface area is 139 Å². The highest BCUT2D eigenvalue weighted by Gasteiger charge is 2.49. The zero-order chi connectivity index (χ0) is 17.0. The van der Waals surface area contributed by atoms with Gasteiger partial charge in [-0.15, -0.1) is 0 Å². The molecule has 6 heteroatoms. The molecule has 1 amide bonds. The van der Waals surface area contributed by atoms with Crippen LogP contribution >= 0.6 is 0 Å². The third-order valence-corrected chi connectivity index (χ3v) is 5.14. The van der Waals surface area contributed by atoms with Gasteiger partial charge < -0.3 is 0 Å². The fraction of sp³-hybridized carbons (Fsp3) is 0.444. The summed E-state index contributed by atoms with van der Waals surface area (Å²) in [5.41, 5.74) is 0.432. The average molecular weight is 331 g/mol. The van der Waals surface area contributed by atoms with Crippen LogP contribution in [-0.4, -0.2) is 21.7 Å². The molecule has 1 aromatic carbocycles. The molecule has 1 aromatic heterocycles. The van der Waals surface area contributed by atoms with Crippen LogP contribution in [0.1, 0.15) is 44.2 Å². The van der Waals surface area contributed by atoms with E-state index in [1.165, 1.54) is 12.1 Å². The minimum atomic E-state index is -0.595. The third kappa shape index (κ3) is 2.32. The Balaban J connectivity index is 1.59. The Hall–Kier alpha value is -2.24. The van der Waals surface area contributed by atoms with Crippen LogP contribution in [0.2, 0.25) is 0 Å². The molecule has 0 bridgehead atoms. The van der Waals surface area contributed by atoms with E-state index in [9.17, 15) is 13.6 Å². The summed E-state index contributed by atoms with van der Waals surface area (Å²) in [6.07, 6.45) is 3.14. The van der Waals surface area contributed by atoms with E-state index in [1.807, 2.05) is 17.7 Å². The largest absolute Gasteiger partial charge is 0.294 e. The minimum absolute atomic E-state index is 0.00451. The van der Waals surface area contributed by atoms with E-state index in [0.29, 0.717) is 12.0 Å². The van der Waals surface area contributed by atoms with Gasteiger partial charge in [-0.05, 0) is 44.2 Å². The Bertz CT molecular complexity index is 803. The molecule has 1 aliphatic heterocycles. The molecule has 0 spiro atoms. The second-order valence-electron chi connectivity index (χ2n) is 6.89. The second kappa shape index (κ2) is 5.40. The van der Waals surface area contributed by atoms with Gasteiger partial charge in [0, 0.05) is 24.1 Å². The number of carbonyl (C=O) groups excluding carboxylic acids is 1. The molecule has 1 aliphatic carbocycles. The number of hydrogen-bond acceptors (Lipinski definition) is 2. The molecular weight excluding hydrogens is 312 g/mol. The molecule has 0 unspecified atom stereocenters. The van der Waals surface area contributed by atoms with Crippen molar-refractivity contribution >= 4 is 11.7 Å². The van der Waals surface area contributed by atoms with E-state index < -0.39 is 11.6 Å². The molecule has 4 nitrogen and oxygen atoms in total. The average Bonchev–Trinajstić information content (AvgIpc) is 3.15. The summed E-state index contributed by atoms with van der Waals surface area (Å²) in [6, 6.07) is 5.76. The van der Waals surface area contributed by atoms with Crippen molar-refractivity contribution in [1.82, 2.24) is 9.78 Å². The molecule has 2 heterocycles. The Morgan fingerprint density at radius 2 is 1.96 bits per heavy atom. The normalized spacial score (nSPS) is 28.6. The summed E-state index contributed by atoms with van der Waals surface area (Å²) in [5.74, 6) is -0.769. The highest BCUT2D eigenvalue weighted by Crippen LogP contribution is 2.50. The van der Waals surface area contributed by atoms with Gasteiger partial charge in [-0.2, -0.15) is 5.10 Å². The zero-order valence-electron chi connectivity index (χ0n) is 13.6. The van der Waals surface area contributed by atoms with Crippen molar-refractivity contribution in [3.05, 3.63) is 47.7 Å². The van der Waals surface area contributed by atoms with Crippen LogP contribution in [-0.2, 0) is 4.79 Å². The number of aromatic nitrogens is 2. The molecule has 0 radical (unpaired) electrons. The first-order valence-electron chi connectivity index (χ1n) is 8.29. The number of anilines is 1. The standard InChI is InChI=1S/C18H19F2N3O/c1-10-7-11(2)23-17(5-6-21-23)22(10)18(24)15-9-14(15)13-4-3-12(19)8-16(13)20/h3-6,8,10-11,14-15H,7,9H2,1-2H3/t10-,11+,14-,15-/m1/s1. The van der Waals surface area contributed by atoms with Gasteiger partial charge in [-0.1, -0.05) is 6.07 Å². The molecule has 2 aromatic rings. The fourth-order valence-corrected chi connectivity index (χ4v) is 3.88. The first-order valence-corrected chi connectivity index (χ1v) is 8.29. The number of amides is 1. The highest BCUT2D eigenvalue weighted by molar-refractivity contribution is 5.97. The van der Waals surface area contributed by atoms with Crippen molar-refractivity contribution in [3.8, 4) is 0 Å². The van der Waals surface area contributed by atoms with Crippen molar-refractivity contribution in [1.29, 1.82) is 0 Å². The molecule has 1 saturated carbocycles. The summed E-state index contributed by atoms with van der Waals surface area (Å²) in [6.45, 7) is 4.11. The smallest absolute Gasteiger partial charge is 0.232 e. The fourth-order valence-electron chi connectivity index (χ4n) is 3.88. The number of carbonyl (C=O) groups is 1. The predicted octanol–water partition coefficient (Wildman–Crippen LogP) is 3.65. The van der Waals surface area contributed by atoms with E-state index in [2.05, 4.69) is 12.0 Å². The van der Waals surface area contributed by atoms with E-state index in [-0.39, 0.29) is 29.8 Å². The third-order valence-electron chi connectivity index (χ3n) is 5.14. The van der Waals surface area contributed by atoms with Crippen molar-refractivity contribution in [3.63, 3.8) is 0 Å². The van der Waals surface area contributed by atoms with Gasteiger partial charge in [0.15, 0.2) is 0 Å². The Kier molecular flexibility index (Phi) is 3.44. The number of fused-ring (bicyclic) bond motifs is 1. The lowest BCUT2D eigenvalue weighted by molar-refractivity contribution is -0.120. The van der Waals surface area contributed by atoms with E-state index >= 15 is 0 Å². The van der Waals surface area contributed by atoms with Crippen LogP contribution in [0.15, 0.2) is 30.5 Å². The van der Waals surface area contributed by atoms with Gasteiger partial charge in [-0.25, -0.2) is 13.5 Å². The topological polar surface area (TPSA) is 38.1 Å². The van der Waals surface area contributed by atoms with E-state index in [1.54, 1.807) is 11.1 Å². The molecular formula is C18H19F2N3O. The van der Waals surface area contributed by atoms with Gasteiger partial charge in [0.2, 0.25) is 5.91 Å². The van der Waals surface area contributed by atoms with Gasteiger partial charge in [0.25, 0.3) is 0 Å². The molecule has 4 rings (SSSR count). The highest BCUT2D eigenvalue weighted by atomic mass is 19.1. The number of hydrogen-bond donors (Lipinski definition) is 0. The van der Waals surface area contributed by atoms with Crippen LogP contribution in [0.5, 0.6) is 0 Å². The quantitative estimate of drug-likeness (QED) is 0.842. The Morgan fingerprint density at radius 3 is 2.71 bits per heavy atom. The lowest BCUT2D eigenvalue weighted by atomic mass is 10.0. The maximum Gasteiger partial charge on any atom is 0.232 e. The summed E-state index contributed by atoms with van der Waals surface area (Å²) >= 11 is 0. The Morgan fingerprint density at radius 1 is 1.17 bits per heavy atom. The van der Waals surface area contributed by atoms with Crippen LogP contribution in [0.3, 0.4) is 0 Å². The van der Waals surface area contributed by atoms with Gasteiger partial charge in [0.05, 0.1) is 12.2 Å². The first-order chi connectivity index (χ1) is 11.5. The van der Waals surface area contributed by atoms with Gasteiger partial charge in [-0.3, -0.25) is 9.69 Å². The molecule has 126 valence electrons. The predicted molar refractivity (Wildman–Crippen MR) is 85.7 cm³/mol. The number of nitrogens with zero attached hydrogens (tertiary/aromatic N) is 3. The number of benzene rings is 1. The van der Waals surface area contributed by atoms with Gasteiger partial charge >= 0.3 is 0 Å². The van der Waals surface area contributed by atoms with Crippen LogP contribution in [0.4, 0.5) is 14.6 Å². The molecule has 2 aliphatic rings. The lowest BCUT2D eigenvalue weighted by Gasteiger charge is -2.37. The van der Waals surface area contributed by atoms with E-state index in [4.69, 9.17) is 0 Å². The SMILES string of the molecule is C[C@@H]1C[C@H](C)n2nccc2N1C(=O)[C@@H]1C[C@@H]1c1ccc(F)cc1F. The van der Waals surface area contributed by atoms with Crippen LogP contribution < -0.4 is 4.90 Å². The number of rotatable bonds is 2. The summed E-state index contributed by atoms with van der Waals surface area (Å²) in [5, 5.41) is 4.31. The van der Waals surface area contributed by atoms with E-state index in [0.717, 1.165) is 18.3 Å². The minimum Gasteiger partial charge on any atom is -0.294 e. The second-order valence-corrected chi connectivity index (χ2v) is 6.89. The summed E-state index contributed by atoms with van der Waals surface area (Å²) < 4.78 is 28.9. The molecule has 24 heavy (non-hydrogen) atoms. The summed E-state index contributed by atoms with van der Waals surface area (Å²) in [7, 11) is 0. The molecule has 0 saturated heterocycles. The molecule has 0 N–H and O–H groups in total. The lowest BCUT2D eigenvalue weighted by Crippen LogP contribution is -2.45. The van der Waals surface area contributed by atoms with Crippen LogP contribution in [0.25, 0.3) is 0 Å². The van der Waals surface area contributed by atoms with Gasteiger partial charge in [0.1, 0.15) is 17.5 Å². The van der Waals surface area contributed by atoms with Crippen molar-refractivity contribution in [2.45, 2.75) is 44.7 Å². The zero-order valence-corrected chi connectivity index (χ0v) is 13.6. The van der Waals surface area contributed by atoms with Crippen molar-refractivity contribution < 1.29 is 13.6 Å². The summed E-state index contributed by atoms with van der Waals surface area (Å²) in [4.78, 5) is 14.8. The molecule has 4 atom stereocenters.